The number of nitrogens with zero attached hydrogens (tertiary/aromatic N) is 2. The molecular formula is C16H13N3O6. The molecule has 1 aliphatic heterocycles. The van der Waals surface area contributed by atoms with E-state index in [0.717, 1.165) is 0 Å². The van der Waals surface area contributed by atoms with Gasteiger partial charge in [-0.05, 0) is 40.2 Å². The van der Waals surface area contributed by atoms with Crippen LogP contribution in [0.25, 0.3) is 0 Å². The van der Waals surface area contributed by atoms with Gasteiger partial charge >= 0.3 is 5.82 Å². The number of nitrogens with one attached hydrogen (secondary N) is 1. The number of aromatic nitrogens is 1. The van der Waals surface area contributed by atoms with Crippen molar-refractivity contribution in [2.24, 2.45) is 0 Å². The summed E-state index contributed by atoms with van der Waals surface area (Å²) in [6.45, 7) is 1.14. The van der Waals surface area contributed by atoms with Crippen LogP contribution >= 0.6 is 0 Å². The van der Waals surface area contributed by atoms with Gasteiger partial charge in [0.1, 0.15) is 11.4 Å². The Morgan fingerprint density at radius 1 is 1.40 bits per heavy atom. The van der Waals surface area contributed by atoms with Crippen molar-refractivity contribution in [1.29, 1.82) is 0 Å². The number of carbonyl (C=O) groups excluding carboxylic acids is 2. The van der Waals surface area contributed by atoms with Gasteiger partial charge in [-0.1, -0.05) is 0 Å². The van der Waals surface area contributed by atoms with Crippen molar-refractivity contribution < 1.29 is 24.0 Å². The number of amides is 1. The second kappa shape index (κ2) is 6.56. The van der Waals surface area contributed by atoms with Crippen molar-refractivity contribution in [2.45, 2.75) is 6.92 Å². The SMILES string of the molecule is Cc1ccc(OCC(=O)c2ccc3c(c2)NC(=O)CO3)c([N+](=O)[O-])n1. The summed E-state index contributed by atoms with van der Waals surface area (Å²) in [7, 11) is 0. The summed E-state index contributed by atoms with van der Waals surface area (Å²) in [4.78, 5) is 37.7. The maximum atomic E-state index is 12.3. The number of benzene rings is 1. The van der Waals surface area contributed by atoms with E-state index in [-0.39, 0.29) is 23.8 Å². The van der Waals surface area contributed by atoms with Gasteiger partial charge in [-0.3, -0.25) is 9.59 Å². The lowest BCUT2D eigenvalue weighted by Gasteiger charge is -2.18. The summed E-state index contributed by atoms with van der Waals surface area (Å²) >= 11 is 0. The molecule has 128 valence electrons. The van der Waals surface area contributed by atoms with Gasteiger partial charge in [0.2, 0.25) is 5.75 Å². The first-order valence-corrected chi connectivity index (χ1v) is 7.29. The number of anilines is 1. The molecule has 0 saturated carbocycles. The molecule has 1 N–H and O–H groups in total. The maximum Gasteiger partial charge on any atom is 0.406 e. The van der Waals surface area contributed by atoms with Crippen LogP contribution in [0.3, 0.4) is 0 Å². The lowest BCUT2D eigenvalue weighted by molar-refractivity contribution is -0.390. The van der Waals surface area contributed by atoms with E-state index in [4.69, 9.17) is 9.47 Å². The summed E-state index contributed by atoms with van der Waals surface area (Å²) < 4.78 is 10.5. The van der Waals surface area contributed by atoms with Crippen LogP contribution in [-0.2, 0) is 4.79 Å². The fourth-order valence-electron chi connectivity index (χ4n) is 2.26. The van der Waals surface area contributed by atoms with Gasteiger partial charge in [-0.15, -0.1) is 0 Å². The van der Waals surface area contributed by atoms with E-state index < -0.39 is 23.1 Å². The van der Waals surface area contributed by atoms with E-state index in [2.05, 4.69) is 10.3 Å². The van der Waals surface area contributed by atoms with Crippen LogP contribution < -0.4 is 14.8 Å². The zero-order valence-electron chi connectivity index (χ0n) is 13.1. The Labute approximate surface area is 141 Å². The first-order chi connectivity index (χ1) is 11.9. The average molecular weight is 343 g/mol. The van der Waals surface area contributed by atoms with Crippen LogP contribution in [0.15, 0.2) is 30.3 Å². The number of ether oxygens (including phenoxy) is 2. The Morgan fingerprint density at radius 3 is 2.96 bits per heavy atom. The van der Waals surface area contributed by atoms with Crippen molar-refractivity contribution in [2.75, 3.05) is 18.5 Å². The van der Waals surface area contributed by atoms with Crippen molar-refractivity contribution >= 4 is 23.2 Å². The fourth-order valence-corrected chi connectivity index (χ4v) is 2.26. The molecule has 0 saturated heterocycles. The number of carbonyl (C=O) groups is 2. The van der Waals surface area contributed by atoms with Crippen LogP contribution in [0.4, 0.5) is 11.5 Å². The molecule has 25 heavy (non-hydrogen) atoms. The minimum Gasteiger partial charge on any atom is -0.482 e. The Morgan fingerprint density at radius 2 is 2.20 bits per heavy atom. The zero-order chi connectivity index (χ0) is 18.0. The van der Waals surface area contributed by atoms with Gasteiger partial charge in [0.15, 0.2) is 19.0 Å². The molecule has 1 aromatic heterocycles. The lowest BCUT2D eigenvalue weighted by Crippen LogP contribution is -2.25. The predicted molar refractivity (Wildman–Crippen MR) is 86.0 cm³/mol. The molecule has 2 aromatic rings. The monoisotopic (exact) mass is 343 g/mol. The minimum absolute atomic E-state index is 0.0759. The van der Waals surface area contributed by atoms with Gasteiger partial charge in [0, 0.05) is 12.5 Å². The number of hydrogen-bond donors (Lipinski definition) is 1. The number of aryl methyl sites for hydroxylation is 1. The number of pyridine rings is 1. The molecule has 0 spiro atoms. The number of ketones is 1. The first-order valence-electron chi connectivity index (χ1n) is 7.29. The first kappa shape index (κ1) is 16.4. The molecule has 3 rings (SSSR count). The van der Waals surface area contributed by atoms with Gasteiger partial charge < -0.3 is 24.9 Å². The van der Waals surface area contributed by atoms with E-state index in [1.165, 1.54) is 18.2 Å². The van der Waals surface area contributed by atoms with Crippen LogP contribution in [-0.4, -0.2) is 34.8 Å². The third kappa shape index (κ3) is 3.55. The highest BCUT2D eigenvalue weighted by Crippen LogP contribution is 2.29. The summed E-state index contributed by atoms with van der Waals surface area (Å²) in [5.74, 6) is -0.778. The quantitative estimate of drug-likeness (QED) is 0.500. The molecule has 0 radical (unpaired) electrons. The number of rotatable bonds is 5. The molecule has 0 bridgehead atoms. The summed E-state index contributed by atoms with van der Waals surface area (Å²) in [5.41, 5.74) is 1.15. The molecule has 9 nitrogen and oxygen atoms in total. The van der Waals surface area contributed by atoms with E-state index in [1.807, 2.05) is 0 Å². The Kier molecular flexibility index (Phi) is 4.29. The zero-order valence-corrected chi connectivity index (χ0v) is 13.1. The molecule has 1 aliphatic rings. The number of Topliss-reactive ketones (excluding diaryl/α,β-unsaturated/α-hetero) is 1. The smallest absolute Gasteiger partial charge is 0.406 e. The van der Waals surface area contributed by atoms with Crippen molar-refractivity contribution in [3.05, 3.63) is 51.7 Å². The highest BCUT2D eigenvalue weighted by Gasteiger charge is 2.21. The number of nitro groups is 1. The largest absolute Gasteiger partial charge is 0.482 e. The molecule has 1 amide bonds. The second-order valence-corrected chi connectivity index (χ2v) is 5.29. The van der Waals surface area contributed by atoms with Crippen molar-refractivity contribution in [1.82, 2.24) is 4.98 Å². The normalized spacial score (nSPS) is 12.6. The summed E-state index contributed by atoms with van der Waals surface area (Å²) in [6.07, 6.45) is 0. The van der Waals surface area contributed by atoms with Gasteiger partial charge in [0.05, 0.1) is 5.69 Å². The summed E-state index contributed by atoms with van der Waals surface area (Å²) in [5, 5.41) is 13.6. The van der Waals surface area contributed by atoms with Crippen LogP contribution in [0, 0.1) is 17.0 Å². The molecule has 9 heteroatoms. The summed E-state index contributed by atoms with van der Waals surface area (Å²) in [6, 6.07) is 7.52. The predicted octanol–water partition coefficient (Wildman–Crippen LogP) is 1.89. The standard InChI is InChI=1S/C16H13N3O6/c1-9-2-4-14(16(17-9)19(22)23)24-7-12(20)10-3-5-13-11(6-10)18-15(21)8-25-13/h2-6H,7-8H2,1H3,(H,18,21). The van der Waals surface area contributed by atoms with Gasteiger partial charge in [0.25, 0.3) is 5.91 Å². The topological polar surface area (TPSA) is 121 Å². The maximum absolute atomic E-state index is 12.3. The average Bonchev–Trinajstić information content (AvgIpc) is 2.59. The van der Waals surface area contributed by atoms with Crippen LogP contribution in [0.2, 0.25) is 0 Å². The molecule has 0 fully saturated rings. The highest BCUT2D eigenvalue weighted by molar-refractivity contribution is 6.01. The van der Waals surface area contributed by atoms with E-state index >= 15 is 0 Å². The third-order valence-electron chi connectivity index (χ3n) is 3.44. The molecule has 0 unspecified atom stereocenters. The second-order valence-electron chi connectivity index (χ2n) is 5.29. The Balaban J connectivity index is 1.74. The molecule has 1 aromatic carbocycles. The van der Waals surface area contributed by atoms with E-state index in [0.29, 0.717) is 17.1 Å². The number of hydrogen-bond acceptors (Lipinski definition) is 7. The van der Waals surface area contributed by atoms with Crippen molar-refractivity contribution in [3.63, 3.8) is 0 Å². The molecule has 2 heterocycles. The highest BCUT2D eigenvalue weighted by atomic mass is 16.6. The Hall–Kier alpha value is -3.49. The van der Waals surface area contributed by atoms with Crippen LogP contribution in [0.5, 0.6) is 11.5 Å². The third-order valence-corrected chi connectivity index (χ3v) is 3.44. The molecule has 0 aliphatic carbocycles. The number of fused-ring (bicyclic) bond motifs is 1. The van der Waals surface area contributed by atoms with Gasteiger partial charge in [-0.2, -0.15) is 0 Å². The molecule has 0 atom stereocenters. The minimum atomic E-state index is -0.668. The fraction of sp³-hybridized carbons (Fsp3) is 0.188. The Bertz CT molecular complexity index is 880. The molecular weight excluding hydrogens is 330 g/mol. The van der Waals surface area contributed by atoms with E-state index in [1.54, 1.807) is 19.1 Å². The van der Waals surface area contributed by atoms with Crippen molar-refractivity contribution in [3.8, 4) is 11.5 Å². The van der Waals surface area contributed by atoms with Crippen LogP contribution in [0.1, 0.15) is 16.1 Å². The lowest BCUT2D eigenvalue weighted by atomic mass is 10.1. The van der Waals surface area contributed by atoms with Gasteiger partial charge in [-0.25, -0.2) is 0 Å². The van der Waals surface area contributed by atoms with E-state index in [9.17, 15) is 19.7 Å².